The van der Waals surface area contributed by atoms with Crippen LogP contribution in [0.25, 0.3) is 0 Å². The Morgan fingerprint density at radius 2 is 0.786 bits per heavy atom. The molecule has 3 heteroatoms. The van der Waals surface area contributed by atoms with Crippen molar-refractivity contribution in [1.82, 2.24) is 0 Å². The lowest BCUT2D eigenvalue weighted by molar-refractivity contribution is -0.137. The largest absolute Gasteiger partial charge is 0.435 e. The molecule has 0 aromatic carbocycles. The van der Waals surface area contributed by atoms with E-state index in [1.807, 2.05) is 17.8 Å². The summed E-state index contributed by atoms with van der Waals surface area (Å²) >= 11 is 1.91. The van der Waals surface area contributed by atoms with Crippen molar-refractivity contribution in [3.05, 3.63) is 12.3 Å². The van der Waals surface area contributed by atoms with Crippen LogP contribution in [0, 0.1) is 0 Å². The van der Waals surface area contributed by atoms with Gasteiger partial charge in [-0.25, -0.2) is 0 Å². The minimum atomic E-state index is -0.0771. The first-order valence-corrected chi connectivity index (χ1v) is 20.4. The molecule has 0 atom stereocenters. The Morgan fingerprint density at radius 3 is 1.17 bits per heavy atom. The summed E-state index contributed by atoms with van der Waals surface area (Å²) in [6.07, 6.45) is 47.3. The third-order valence-corrected chi connectivity index (χ3v) is 9.68. The molecule has 0 saturated heterocycles. The highest BCUT2D eigenvalue weighted by Gasteiger charge is 2.01. The molecule has 0 aromatic heterocycles. The van der Waals surface area contributed by atoms with E-state index in [0.717, 1.165) is 12.2 Å². The summed E-state index contributed by atoms with van der Waals surface area (Å²) in [5.41, 5.74) is 0. The molecule has 0 bridgehead atoms. The fraction of sp³-hybridized carbons (Fsp3) is 0.923. The Kier molecular flexibility index (Phi) is 38.2. The minimum Gasteiger partial charge on any atom is -0.435 e. The molecular formula is C39H76O2S. The molecule has 0 amide bonds. The minimum absolute atomic E-state index is 0.0771. The summed E-state index contributed by atoms with van der Waals surface area (Å²) in [5.74, 6) is 2.00. The molecule has 0 aromatic rings. The highest BCUT2D eigenvalue weighted by Crippen LogP contribution is 2.16. The second-order valence-electron chi connectivity index (χ2n) is 12.9. The SMILES string of the molecule is CCCCCCCCCCCCCCCCC=COC(=O)CCSCCCCCCCCCCCCCCCCCC. The van der Waals surface area contributed by atoms with Crippen LogP contribution in [-0.4, -0.2) is 17.5 Å². The maximum absolute atomic E-state index is 11.9. The number of hydrogen-bond donors (Lipinski definition) is 0. The Morgan fingerprint density at radius 1 is 0.452 bits per heavy atom. The third-order valence-electron chi connectivity index (χ3n) is 8.61. The predicted molar refractivity (Wildman–Crippen MR) is 192 cm³/mol. The second-order valence-corrected chi connectivity index (χ2v) is 14.1. The molecule has 0 radical (unpaired) electrons. The van der Waals surface area contributed by atoms with Crippen molar-refractivity contribution in [3.63, 3.8) is 0 Å². The molecule has 0 N–H and O–H groups in total. The molecule has 0 aliphatic rings. The van der Waals surface area contributed by atoms with Crippen molar-refractivity contribution in [3.8, 4) is 0 Å². The molecule has 0 saturated carbocycles. The Hall–Kier alpha value is -0.440. The van der Waals surface area contributed by atoms with Gasteiger partial charge < -0.3 is 4.74 Å². The summed E-state index contributed by atoms with van der Waals surface area (Å²) in [4.78, 5) is 11.9. The van der Waals surface area contributed by atoms with Crippen molar-refractivity contribution >= 4 is 17.7 Å². The van der Waals surface area contributed by atoms with Gasteiger partial charge in [0, 0.05) is 5.75 Å². The Balaban J connectivity index is 3.20. The van der Waals surface area contributed by atoms with Gasteiger partial charge in [-0.3, -0.25) is 4.79 Å². The monoisotopic (exact) mass is 609 g/mol. The van der Waals surface area contributed by atoms with E-state index < -0.39 is 0 Å². The fourth-order valence-electron chi connectivity index (χ4n) is 5.72. The lowest BCUT2D eigenvalue weighted by Gasteiger charge is -2.04. The van der Waals surface area contributed by atoms with Gasteiger partial charge in [0.2, 0.25) is 0 Å². The van der Waals surface area contributed by atoms with Gasteiger partial charge in [0.15, 0.2) is 0 Å². The zero-order chi connectivity index (χ0) is 30.4. The fourth-order valence-corrected chi connectivity index (χ4v) is 6.64. The van der Waals surface area contributed by atoms with Gasteiger partial charge in [0.25, 0.3) is 0 Å². The van der Waals surface area contributed by atoms with Crippen molar-refractivity contribution in [1.29, 1.82) is 0 Å². The number of rotatable bonds is 36. The van der Waals surface area contributed by atoms with Gasteiger partial charge >= 0.3 is 5.97 Å². The summed E-state index contributed by atoms with van der Waals surface area (Å²) in [5, 5.41) is 0. The van der Waals surface area contributed by atoms with E-state index in [1.54, 1.807) is 6.26 Å². The predicted octanol–water partition coefficient (Wildman–Crippen LogP) is 14.3. The van der Waals surface area contributed by atoms with E-state index in [-0.39, 0.29) is 5.97 Å². The number of carbonyl (C=O) groups excluding carboxylic acids is 1. The zero-order valence-electron chi connectivity index (χ0n) is 28.9. The zero-order valence-corrected chi connectivity index (χ0v) is 29.7. The van der Waals surface area contributed by atoms with Crippen LogP contribution in [0.3, 0.4) is 0 Å². The maximum Gasteiger partial charge on any atom is 0.311 e. The molecule has 0 heterocycles. The van der Waals surface area contributed by atoms with Crippen LogP contribution in [0.4, 0.5) is 0 Å². The Labute approximate surface area is 269 Å². The maximum atomic E-state index is 11.9. The quantitative estimate of drug-likeness (QED) is 0.0402. The number of thioether (sulfide) groups is 1. The number of allylic oxidation sites excluding steroid dienone is 1. The molecule has 2 nitrogen and oxygen atoms in total. The molecule has 0 spiro atoms. The molecular weight excluding hydrogens is 532 g/mol. The van der Waals surface area contributed by atoms with Gasteiger partial charge in [-0.1, -0.05) is 194 Å². The second kappa shape index (κ2) is 38.6. The summed E-state index contributed by atoms with van der Waals surface area (Å²) < 4.78 is 5.27. The van der Waals surface area contributed by atoms with Crippen LogP contribution >= 0.6 is 11.8 Å². The molecule has 42 heavy (non-hydrogen) atoms. The first kappa shape index (κ1) is 41.6. The van der Waals surface area contributed by atoms with Crippen molar-refractivity contribution < 1.29 is 9.53 Å². The lowest BCUT2D eigenvalue weighted by atomic mass is 10.0. The Bertz CT molecular complexity index is 532. The number of ether oxygens (including phenoxy) is 1. The summed E-state index contributed by atoms with van der Waals surface area (Å²) in [7, 11) is 0. The van der Waals surface area contributed by atoms with Crippen LogP contribution in [0.1, 0.15) is 219 Å². The molecule has 0 fully saturated rings. The normalized spacial score (nSPS) is 11.6. The van der Waals surface area contributed by atoms with Crippen LogP contribution in [-0.2, 0) is 9.53 Å². The van der Waals surface area contributed by atoms with Crippen molar-refractivity contribution in [2.75, 3.05) is 11.5 Å². The smallest absolute Gasteiger partial charge is 0.311 e. The average Bonchev–Trinajstić information content (AvgIpc) is 3.00. The molecule has 0 aliphatic carbocycles. The van der Waals surface area contributed by atoms with E-state index in [9.17, 15) is 4.79 Å². The topological polar surface area (TPSA) is 26.3 Å². The van der Waals surface area contributed by atoms with Crippen LogP contribution in [0.15, 0.2) is 12.3 Å². The third kappa shape index (κ3) is 37.6. The van der Waals surface area contributed by atoms with Crippen molar-refractivity contribution in [2.45, 2.75) is 219 Å². The number of esters is 1. The van der Waals surface area contributed by atoms with E-state index in [2.05, 4.69) is 13.8 Å². The van der Waals surface area contributed by atoms with E-state index >= 15 is 0 Å². The number of hydrogen-bond acceptors (Lipinski definition) is 3. The molecule has 0 unspecified atom stereocenters. The highest BCUT2D eigenvalue weighted by atomic mass is 32.2. The van der Waals surface area contributed by atoms with E-state index in [1.165, 1.54) is 198 Å². The highest BCUT2D eigenvalue weighted by molar-refractivity contribution is 7.99. The average molecular weight is 609 g/mol. The van der Waals surface area contributed by atoms with E-state index in [4.69, 9.17) is 4.74 Å². The van der Waals surface area contributed by atoms with Crippen LogP contribution < -0.4 is 0 Å². The number of carbonyl (C=O) groups is 1. The molecule has 0 aliphatic heterocycles. The van der Waals surface area contributed by atoms with E-state index in [0.29, 0.717) is 6.42 Å². The summed E-state index contributed by atoms with van der Waals surface area (Å²) in [6, 6.07) is 0. The molecule has 250 valence electrons. The van der Waals surface area contributed by atoms with Crippen LogP contribution in [0.5, 0.6) is 0 Å². The van der Waals surface area contributed by atoms with Crippen molar-refractivity contribution in [2.24, 2.45) is 0 Å². The van der Waals surface area contributed by atoms with Gasteiger partial charge in [0.1, 0.15) is 0 Å². The first-order valence-electron chi connectivity index (χ1n) is 19.2. The standard InChI is InChI=1S/C39H76O2S/c1-3-5-7-9-11-13-15-17-19-21-23-25-27-29-31-33-36-41-39(40)35-38-42-37-34-32-30-28-26-24-22-20-18-16-14-12-10-8-6-4-2/h33,36H,3-32,34-35,37-38H2,1-2H3. The van der Waals surface area contributed by atoms with Gasteiger partial charge in [0.05, 0.1) is 12.7 Å². The van der Waals surface area contributed by atoms with Crippen LogP contribution in [0.2, 0.25) is 0 Å². The lowest BCUT2D eigenvalue weighted by Crippen LogP contribution is -2.01. The van der Waals surface area contributed by atoms with Gasteiger partial charge in [-0.05, 0) is 31.1 Å². The number of unbranched alkanes of at least 4 members (excludes halogenated alkanes) is 29. The first-order chi connectivity index (χ1) is 20.8. The van der Waals surface area contributed by atoms with Gasteiger partial charge in [-0.15, -0.1) is 0 Å². The summed E-state index contributed by atoms with van der Waals surface area (Å²) in [6.45, 7) is 4.58. The molecule has 0 rings (SSSR count). The van der Waals surface area contributed by atoms with Gasteiger partial charge in [-0.2, -0.15) is 11.8 Å².